The molecule has 1 atom stereocenters. The Bertz CT molecular complexity index is 670. The van der Waals surface area contributed by atoms with Gasteiger partial charge in [-0.1, -0.05) is 0 Å². The zero-order valence-electron chi connectivity index (χ0n) is 12.4. The molecule has 0 amide bonds. The first-order valence-electron chi connectivity index (χ1n) is 6.83. The molecule has 0 aliphatic rings. The van der Waals surface area contributed by atoms with Crippen molar-refractivity contribution >= 4 is 11.7 Å². The Kier molecular flexibility index (Phi) is 4.49. The lowest BCUT2D eigenvalue weighted by atomic mass is 9.77. The topological polar surface area (TPSA) is 65.5 Å². The zero-order valence-corrected chi connectivity index (χ0v) is 12.4. The number of furan rings is 1. The van der Waals surface area contributed by atoms with Crippen LogP contribution in [0.15, 0.2) is 34.9 Å². The van der Waals surface area contributed by atoms with E-state index in [1.807, 2.05) is 0 Å². The normalized spacial score (nSPS) is 13.6. The maximum atomic E-state index is 14.3. The Morgan fingerprint density at radius 1 is 1.36 bits per heavy atom. The molecule has 0 aliphatic heterocycles. The number of nitrogens with two attached hydrogens (primary N) is 1. The van der Waals surface area contributed by atoms with Gasteiger partial charge in [0, 0.05) is 17.7 Å². The molecule has 118 valence electrons. The summed E-state index contributed by atoms with van der Waals surface area (Å²) in [5.41, 5.74) is 4.07. The summed E-state index contributed by atoms with van der Waals surface area (Å²) in [5.74, 6) is -2.47. The van der Waals surface area contributed by atoms with Gasteiger partial charge in [-0.05, 0) is 38.1 Å². The zero-order chi connectivity index (χ0) is 16.3. The van der Waals surface area contributed by atoms with Crippen LogP contribution in [-0.4, -0.2) is 12.6 Å². The molecule has 0 aliphatic carbocycles. The van der Waals surface area contributed by atoms with E-state index in [2.05, 4.69) is 0 Å². The summed E-state index contributed by atoms with van der Waals surface area (Å²) in [6.07, 6.45) is 1.44. The lowest BCUT2D eigenvalue weighted by Crippen LogP contribution is -2.38. The van der Waals surface area contributed by atoms with Crippen molar-refractivity contribution in [2.75, 3.05) is 12.3 Å². The van der Waals surface area contributed by atoms with E-state index in [0.29, 0.717) is 5.76 Å². The molecule has 4 nitrogen and oxygen atoms in total. The van der Waals surface area contributed by atoms with Crippen LogP contribution in [0.3, 0.4) is 0 Å². The number of halogens is 2. The maximum Gasteiger partial charge on any atom is 0.316 e. The summed E-state index contributed by atoms with van der Waals surface area (Å²) in [4.78, 5) is 12.4. The van der Waals surface area contributed by atoms with E-state index in [0.717, 1.165) is 6.07 Å². The molecule has 0 fully saturated rings. The van der Waals surface area contributed by atoms with Crippen LogP contribution < -0.4 is 5.73 Å². The second-order valence-electron chi connectivity index (χ2n) is 5.13. The van der Waals surface area contributed by atoms with E-state index in [1.54, 1.807) is 19.1 Å². The molecule has 2 rings (SSSR count). The highest BCUT2D eigenvalue weighted by Gasteiger charge is 2.42. The van der Waals surface area contributed by atoms with Crippen molar-refractivity contribution in [3.8, 4) is 0 Å². The summed E-state index contributed by atoms with van der Waals surface area (Å²) in [6.45, 7) is 3.21. The average molecular weight is 309 g/mol. The van der Waals surface area contributed by atoms with Crippen LogP contribution >= 0.6 is 0 Å². The average Bonchev–Trinajstić information content (AvgIpc) is 2.96. The van der Waals surface area contributed by atoms with Crippen molar-refractivity contribution in [2.24, 2.45) is 0 Å². The van der Waals surface area contributed by atoms with Crippen LogP contribution in [0, 0.1) is 11.6 Å². The molecule has 0 spiro atoms. The first-order valence-corrected chi connectivity index (χ1v) is 6.83. The van der Waals surface area contributed by atoms with Crippen molar-refractivity contribution < 1.29 is 22.7 Å². The molecule has 1 unspecified atom stereocenters. The van der Waals surface area contributed by atoms with Crippen LogP contribution in [0.1, 0.15) is 25.2 Å². The fourth-order valence-corrected chi connectivity index (χ4v) is 2.44. The highest BCUT2D eigenvalue weighted by molar-refractivity contribution is 5.85. The van der Waals surface area contributed by atoms with Crippen LogP contribution in [0.25, 0.3) is 0 Å². The van der Waals surface area contributed by atoms with Gasteiger partial charge in [-0.3, -0.25) is 4.79 Å². The summed E-state index contributed by atoms with van der Waals surface area (Å²) in [7, 11) is 0. The Hall–Kier alpha value is -2.37. The van der Waals surface area contributed by atoms with Crippen molar-refractivity contribution in [1.82, 2.24) is 0 Å². The number of ether oxygens (including phenoxy) is 1. The number of nitrogen functional groups attached to an aromatic ring is 1. The first-order chi connectivity index (χ1) is 10.4. The molecule has 2 N–H and O–H groups in total. The monoisotopic (exact) mass is 309 g/mol. The van der Waals surface area contributed by atoms with Gasteiger partial charge < -0.3 is 14.9 Å². The second-order valence-corrected chi connectivity index (χ2v) is 5.13. The van der Waals surface area contributed by atoms with Gasteiger partial charge in [0.2, 0.25) is 0 Å². The van der Waals surface area contributed by atoms with E-state index < -0.39 is 23.0 Å². The highest BCUT2D eigenvalue weighted by atomic mass is 19.2. The van der Waals surface area contributed by atoms with Gasteiger partial charge in [-0.15, -0.1) is 0 Å². The smallest absolute Gasteiger partial charge is 0.316 e. The third-order valence-electron chi connectivity index (χ3n) is 3.51. The molecule has 0 bridgehead atoms. The minimum Gasteiger partial charge on any atom is -0.469 e. The third kappa shape index (κ3) is 2.81. The first kappa shape index (κ1) is 16.0. The minimum atomic E-state index is -1.50. The standard InChI is InChI=1S/C16H17F2NO3/c1-3-21-15(20)16(2,9-10-5-4-8-22-10)13-12(19)7-6-11(17)14(13)18/h4-8H,3,9,19H2,1-2H3. The Morgan fingerprint density at radius 3 is 2.68 bits per heavy atom. The molecular weight excluding hydrogens is 292 g/mol. The van der Waals surface area contributed by atoms with Gasteiger partial charge in [0.05, 0.1) is 12.9 Å². The second kappa shape index (κ2) is 6.17. The largest absolute Gasteiger partial charge is 0.469 e. The Morgan fingerprint density at radius 2 is 2.09 bits per heavy atom. The number of esters is 1. The van der Waals surface area contributed by atoms with Crippen molar-refractivity contribution in [2.45, 2.75) is 25.7 Å². The number of benzene rings is 1. The summed E-state index contributed by atoms with van der Waals surface area (Å²) >= 11 is 0. The molecule has 0 saturated carbocycles. The highest BCUT2D eigenvalue weighted by Crippen LogP contribution is 2.36. The Labute approximate surface area is 126 Å². The fourth-order valence-electron chi connectivity index (χ4n) is 2.44. The van der Waals surface area contributed by atoms with E-state index >= 15 is 0 Å². The minimum absolute atomic E-state index is 0.00338. The maximum absolute atomic E-state index is 14.3. The van der Waals surface area contributed by atoms with Gasteiger partial charge in [-0.2, -0.15) is 0 Å². The Balaban J connectivity index is 2.58. The van der Waals surface area contributed by atoms with Gasteiger partial charge in [0.1, 0.15) is 11.2 Å². The third-order valence-corrected chi connectivity index (χ3v) is 3.51. The van der Waals surface area contributed by atoms with E-state index in [-0.39, 0.29) is 24.3 Å². The molecule has 1 heterocycles. The number of hydrogen-bond acceptors (Lipinski definition) is 4. The van der Waals surface area contributed by atoms with Gasteiger partial charge in [0.15, 0.2) is 11.6 Å². The van der Waals surface area contributed by atoms with Crippen LogP contribution in [0.5, 0.6) is 0 Å². The van der Waals surface area contributed by atoms with Gasteiger partial charge in [-0.25, -0.2) is 8.78 Å². The number of hydrogen-bond donors (Lipinski definition) is 1. The SMILES string of the molecule is CCOC(=O)C(C)(Cc1ccco1)c1c(N)ccc(F)c1F. The number of carbonyl (C=O) groups is 1. The lowest BCUT2D eigenvalue weighted by Gasteiger charge is -2.28. The van der Waals surface area contributed by atoms with Gasteiger partial charge in [0.25, 0.3) is 0 Å². The molecule has 0 saturated heterocycles. The van der Waals surface area contributed by atoms with Crippen molar-refractivity contribution in [3.63, 3.8) is 0 Å². The summed E-state index contributed by atoms with van der Waals surface area (Å²) in [5, 5.41) is 0. The van der Waals surface area contributed by atoms with E-state index in [4.69, 9.17) is 14.9 Å². The van der Waals surface area contributed by atoms with Crippen LogP contribution in [0.2, 0.25) is 0 Å². The number of anilines is 1. The van der Waals surface area contributed by atoms with E-state index in [9.17, 15) is 13.6 Å². The summed E-state index contributed by atoms with van der Waals surface area (Å²) in [6, 6.07) is 5.44. The lowest BCUT2D eigenvalue weighted by molar-refractivity contribution is -0.149. The molecule has 1 aromatic carbocycles. The molecule has 0 radical (unpaired) electrons. The summed E-state index contributed by atoms with van der Waals surface area (Å²) < 4.78 is 38.2. The molecule has 22 heavy (non-hydrogen) atoms. The molecular formula is C16H17F2NO3. The van der Waals surface area contributed by atoms with Gasteiger partial charge >= 0.3 is 5.97 Å². The molecule has 1 aromatic heterocycles. The molecule has 2 aromatic rings. The number of rotatable bonds is 5. The molecule has 6 heteroatoms. The van der Waals surface area contributed by atoms with Crippen LogP contribution in [-0.2, 0) is 21.4 Å². The van der Waals surface area contributed by atoms with Crippen LogP contribution in [0.4, 0.5) is 14.5 Å². The number of carbonyl (C=O) groups excluding carboxylic acids is 1. The fraction of sp³-hybridized carbons (Fsp3) is 0.312. The van der Waals surface area contributed by atoms with Crippen molar-refractivity contribution in [3.05, 3.63) is 53.5 Å². The predicted octanol–water partition coefficient (Wildman–Crippen LogP) is 3.20. The van der Waals surface area contributed by atoms with E-state index in [1.165, 1.54) is 19.3 Å². The quantitative estimate of drug-likeness (QED) is 0.680. The predicted molar refractivity (Wildman–Crippen MR) is 77.2 cm³/mol. The van der Waals surface area contributed by atoms with Crippen molar-refractivity contribution in [1.29, 1.82) is 0 Å².